The van der Waals surface area contributed by atoms with E-state index in [-0.39, 0.29) is 0 Å². The Morgan fingerprint density at radius 2 is 1.61 bits per heavy atom. The molecule has 1 aromatic heterocycles. The van der Waals surface area contributed by atoms with Crippen LogP contribution in [0.5, 0.6) is 0 Å². The van der Waals surface area contributed by atoms with E-state index in [1.165, 1.54) is 33.0 Å². The zero-order valence-corrected chi connectivity index (χ0v) is 12.8. The van der Waals surface area contributed by atoms with Crippen LogP contribution in [0.15, 0.2) is 66.7 Å². The van der Waals surface area contributed by atoms with Crippen molar-refractivity contribution in [3.8, 4) is 11.1 Å². The second-order valence-corrected chi connectivity index (χ2v) is 5.80. The molecule has 0 aliphatic heterocycles. The van der Waals surface area contributed by atoms with Crippen molar-refractivity contribution in [1.29, 1.82) is 0 Å². The number of aryl methyl sites for hydroxylation is 1. The van der Waals surface area contributed by atoms with E-state index in [1.54, 1.807) is 0 Å². The molecule has 0 unspecified atom stereocenters. The van der Waals surface area contributed by atoms with Crippen LogP contribution in [0.1, 0.15) is 12.0 Å². The average Bonchev–Trinajstić information content (AvgIpc) is 2.99. The van der Waals surface area contributed by atoms with Crippen molar-refractivity contribution >= 4 is 28.1 Å². The van der Waals surface area contributed by atoms with E-state index in [4.69, 9.17) is 0 Å². The number of hydrogen-bond donors (Lipinski definition) is 1. The Balaban J connectivity index is 1.83. The number of fused-ring (bicyclic) bond motifs is 3. The smallest absolute Gasteiger partial charge is 0.120 e. The lowest BCUT2D eigenvalue weighted by Crippen LogP contribution is -1.87. The molecule has 0 saturated carbocycles. The lowest BCUT2D eigenvalue weighted by Gasteiger charge is -2.05. The molecule has 0 atom stereocenters. The molecule has 0 amide bonds. The third-order valence-electron chi connectivity index (χ3n) is 4.36. The summed E-state index contributed by atoms with van der Waals surface area (Å²) in [5.74, 6) is 0. The first-order valence-electron chi connectivity index (χ1n) is 7.89. The highest BCUT2D eigenvalue weighted by Gasteiger charge is 2.09. The lowest BCUT2D eigenvalue weighted by molar-refractivity contribution is -0.107. The molecular weight excluding hydrogens is 282 g/mol. The van der Waals surface area contributed by atoms with Crippen LogP contribution in [0.2, 0.25) is 0 Å². The van der Waals surface area contributed by atoms with Gasteiger partial charge in [0, 0.05) is 28.3 Å². The van der Waals surface area contributed by atoms with E-state index in [0.29, 0.717) is 6.42 Å². The largest absolute Gasteiger partial charge is 0.354 e. The minimum atomic E-state index is 0.580. The van der Waals surface area contributed by atoms with Gasteiger partial charge in [0.25, 0.3) is 0 Å². The fraction of sp³-hybridized carbons (Fsp3) is 0.0952. The normalized spacial score (nSPS) is 11.1. The van der Waals surface area contributed by atoms with E-state index in [9.17, 15) is 4.79 Å². The Labute approximate surface area is 134 Å². The number of para-hydroxylation sites is 2. The summed E-state index contributed by atoms with van der Waals surface area (Å²) in [5.41, 5.74) is 5.94. The van der Waals surface area contributed by atoms with Gasteiger partial charge in [-0.15, -0.1) is 0 Å². The minimum absolute atomic E-state index is 0.580. The van der Waals surface area contributed by atoms with Crippen molar-refractivity contribution in [2.75, 3.05) is 0 Å². The fourth-order valence-electron chi connectivity index (χ4n) is 3.19. The Bertz CT molecular complexity index is 980. The van der Waals surface area contributed by atoms with E-state index < -0.39 is 0 Å². The Hall–Kier alpha value is -2.87. The van der Waals surface area contributed by atoms with Gasteiger partial charge >= 0.3 is 0 Å². The number of rotatable bonds is 4. The predicted octanol–water partition coefficient (Wildman–Crippen LogP) is 5.12. The van der Waals surface area contributed by atoms with Gasteiger partial charge in [0.2, 0.25) is 0 Å². The third-order valence-corrected chi connectivity index (χ3v) is 4.36. The fourth-order valence-corrected chi connectivity index (χ4v) is 3.19. The SMILES string of the molecule is O=CCCc1ccc(-c2cccc3c2[nH]c2ccccc23)cc1. The molecule has 0 radical (unpaired) electrons. The highest BCUT2D eigenvalue weighted by Crippen LogP contribution is 2.33. The minimum Gasteiger partial charge on any atom is -0.354 e. The number of H-pyrrole nitrogens is 1. The van der Waals surface area contributed by atoms with Crippen molar-refractivity contribution in [1.82, 2.24) is 4.98 Å². The van der Waals surface area contributed by atoms with Gasteiger partial charge < -0.3 is 9.78 Å². The van der Waals surface area contributed by atoms with Gasteiger partial charge in [-0.2, -0.15) is 0 Å². The maximum absolute atomic E-state index is 10.5. The average molecular weight is 299 g/mol. The molecule has 2 nitrogen and oxygen atoms in total. The molecule has 4 aromatic rings. The molecule has 0 aliphatic rings. The van der Waals surface area contributed by atoms with E-state index in [0.717, 1.165) is 18.2 Å². The van der Waals surface area contributed by atoms with Gasteiger partial charge in [0.05, 0.1) is 5.52 Å². The first kappa shape index (κ1) is 13.8. The summed E-state index contributed by atoms with van der Waals surface area (Å²) in [6.45, 7) is 0. The summed E-state index contributed by atoms with van der Waals surface area (Å²) >= 11 is 0. The maximum Gasteiger partial charge on any atom is 0.120 e. The summed E-state index contributed by atoms with van der Waals surface area (Å²) < 4.78 is 0. The molecular formula is C21H17NO. The molecule has 0 spiro atoms. The van der Waals surface area contributed by atoms with Crippen molar-refractivity contribution in [3.63, 3.8) is 0 Å². The number of aldehydes is 1. The summed E-state index contributed by atoms with van der Waals surface area (Å²) in [7, 11) is 0. The number of carbonyl (C=O) groups excluding carboxylic acids is 1. The standard InChI is InChI=1S/C21H17NO/c23-14-4-5-15-10-12-16(13-11-15)17-7-3-8-19-18-6-1-2-9-20(18)22-21(17)19/h1-3,6-14,22H,4-5H2. The topological polar surface area (TPSA) is 32.9 Å². The van der Waals surface area contributed by atoms with Crippen molar-refractivity contribution in [2.24, 2.45) is 0 Å². The van der Waals surface area contributed by atoms with Crippen molar-refractivity contribution in [3.05, 3.63) is 72.3 Å². The summed E-state index contributed by atoms with van der Waals surface area (Å²) in [4.78, 5) is 14.0. The van der Waals surface area contributed by atoms with Crippen LogP contribution in [-0.2, 0) is 11.2 Å². The van der Waals surface area contributed by atoms with Gasteiger partial charge in [-0.3, -0.25) is 0 Å². The monoisotopic (exact) mass is 299 g/mol. The molecule has 0 saturated heterocycles. The molecule has 4 rings (SSSR count). The van der Waals surface area contributed by atoms with E-state index >= 15 is 0 Å². The third kappa shape index (κ3) is 2.42. The van der Waals surface area contributed by atoms with Crippen LogP contribution in [-0.4, -0.2) is 11.3 Å². The first-order chi connectivity index (χ1) is 11.4. The Morgan fingerprint density at radius 1 is 0.826 bits per heavy atom. The molecule has 2 heteroatoms. The number of benzene rings is 3. The maximum atomic E-state index is 10.5. The Kier molecular flexibility index (Phi) is 3.43. The van der Waals surface area contributed by atoms with Crippen LogP contribution in [0.3, 0.4) is 0 Å². The van der Waals surface area contributed by atoms with Gasteiger partial charge in [0.1, 0.15) is 6.29 Å². The first-order valence-corrected chi connectivity index (χ1v) is 7.89. The second kappa shape index (κ2) is 5.73. The second-order valence-electron chi connectivity index (χ2n) is 5.80. The zero-order chi connectivity index (χ0) is 15.6. The van der Waals surface area contributed by atoms with Gasteiger partial charge in [-0.25, -0.2) is 0 Å². The summed E-state index contributed by atoms with van der Waals surface area (Å²) in [6.07, 6.45) is 2.36. The predicted molar refractivity (Wildman–Crippen MR) is 95.6 cm³/mol. The highest BCUT2D eigenvalue weighted by molar-refractivity contribution is 6.11. The van der Waals surface area contributed by atoms with Crippen molar-refractivity contribution < 1.29 is 4.79 Å². The van der Waals surface area contributed by atoms with Gasteiger partial charge in [-0.1, -0.05) is 60.7 Å². The molecule has 3 aromatic carbocycles. The number of hydrogen-bond acceptors (Lipinski definition) is 1. The number of carbonyl (C=O) groups is 1. The van der Waals surface area contributed by atoms with Gasteiger partial charge in [-0.05, 0) is 23.6 Å². The lowest BCUT2D eigenvalue weighted by atomic mass is 10.00. The molecule has 23 heavy (non-hydrogen) atoms. The van der Waals surface area contributed by atoms with Gasteiger partial charge in [0.15, 0.2) is 0 Å². The van der Waals surface area contributed by atoms with Crippen LogP contribution in [0, 0.1) is 0 Å². The van der Waals surface area contributed by atoms with E-state index in [2.05, 4.69) is 71.7 Å². The summed E-state index contributed by atoms with van der Waals surface area (Å²) in [6, 6.07) is 23.3. The van der Waals surface area contributed by atoms with Crippen LogP contribution >= 0.6 is 0 Å². The molecule has 0 fully saturated rings. The molecule has 0 aliphatic carbocycles. The highest BCUT2D eigenvalue weighted by atomic mass is 16.1. The van der Waals surface area contributed by atoms with E-state index in [1.807, 2.05) is 0 Å². The number of aromatic nitrogens is 1. The number of nitrogens with one attached hydrogen (secondary N) is 1. The zero-order valence-electron chi connectivity index (χ0n) is 12.8. The van der Waals surface area contributed by atoms with Crippen LogP contribution in [0.25, 0.3) is 32.9 Å². The molecule has 1 N–H and O–H groups in total. The van der Waals surface area contributed by atoms with Crippen molar-refractivity contribution in [2.45, 2.75) is 12.8 Å². The quantitative estimate of drug-likeness (QED) is 0.521. The number of aromatic amines is 1. The summed E-state index contributed by atoms with van der Waals surface area (Å²) in [5, 5.41) is 2.51. The molecule has 112 valence electrons. The van der Waals surface area contributed by atoms with Crippen LogP contribution < -0.4 is 0 Å². The molecule has 1 heterocycles. The Morgan fingerprint density at radius 3 is 2.43 bits per heavy atom. The van der Waals surface area contributed by atoms with Crippen LogP contribution in [0.4, 0.5) is 0 Å². The molecule has 0 bridgehead atoms.